The van der Waals surface area contributed by atoms with Crippen molar-refractivity contribution in [1.82, 2.24) is 4.98 Å². The second-order valence-electron chi connectivity index (χ2n) is 3.28. The number of aliphatic carboxylic acids is 1. The standard InChI is InChI=1S/C10H11N3O4S/c1-6(14)7(4-11-5-8(15)16)9(17)13-10-12-2-3-18-10/h2-4,7H,5H2,1H3,(H,15,16)(H,12,13,17)/p-1/t7-/m1/s1. The molecular formula is C10H10N3O4S-. The van der Waals surface area contributed by atoms with E-state index in [1.54, 1.807) is 5.38 Å². The van der Waals surface area contributed by atoms with Crippen LogP contribution < -0.4 is 10.4 Å². The molecule has 0 radical (unpaired) electrons. The van der Waals surface area contributed by atoms with Crippen molar-refractivity contribution < 1.29 is 19.5 Å². The second-order valence-corrected chi connectivity index (χ2v) is 4.17. The minimum absolute atomic E-state index is 0.361. The molecule has 1 amide bonds. The van der Waals surface area contributed by atoms with Gasteiger partial charge in [0.2, 0.25) is 5.91 Å². The molecule has 0 aliphatic carbocycles. The van der Waals surface area contributed by atoms with Gasteiger partial charge in [0.05, 0.1) is 12.5 Å². The number of ketones is 1. The third-order valence-electron chi connectivity index (χ3n) is 1.86. The Labute approximate surface area is 107 Å². The van der Waals surface area contributed by atoms with Crippen LogP contribution in [0.1, 0.15) is 6.92 Å². The molecule has 18 heavy (non-hydrogen) atoms. The van der Waals surface area contributed by atoms with Crippen molar-refractivity contribution in [3.63, 3.8) is 0 Å². The Balaban J connectivity index is 2.66. The molecule has 0 aromatic carbocycles. The maximum Gasteiger partial charge on any atom is 0.242 e. The molecule has 0 spiro atoms. The van der Waals surface area contributed by atoms with Crippen molar-refractivity contribution in [3.8, 4) is 0 Å². The monoisotopic (exact) mass is 268 g/mol. The number of nitrogens with zero attached hydrogens (tertiary/aromatic N) is 2. The maximum absolute atomic E-state index is 11.7. The van der Waals surface area contributed by atoms with Gasteiger partial charge >= 0.3 is 0 Å². The van der Waals surface area contributed by atoms with Crippen LogP contribution in [0.2, 0.25) is 0 Å². The van der Waals surface area contributed by atoms with Crippen molar-refractivity contribution in [1.29, 1.82) is 0 Å². The smallest absolute Gasteiger partial charge is 0.242 e. The molecule has 0 aliphatic rings. The number of carboxylic acid groups (broad SMARTS) is 1. The Bertz CT molecular complexity index is 469. The van der Waals surface area contributed by atoms with E-state index in [2.05, 4.69) is 15.3 Å². The number of hydrogen-bond acceptors (Lipinski definition) is 7. The Hall–Kier alpha value is -2.09. The first kappa shape index (κ1) is 14.0. The Morgan fingerprint density at radius 2 is 2.33 bits per heavy atom. The summed E-state index contributed by atoms with van der Waals surface area (Å²) < 4.78 is 0. The molecule has 1 N–H and O–H groups in total. The fraction of sp³-hybridized carbons (Fsp3) is 0.300. The Morgan fingerprint density at radius 1 is 1.61 bits per heavy atom. The number of hydrogen-bond donors (Lipinski definition) is 1. The van der Waals surface area contributed by atoms with Crippen molar-refractivity contribution in [2.24, 2.45) is 10.9 Å². The Kier molecular flexibility index (Phi) is 5.12. The van der Waals surface area contributed by atoms with Gasteiger partial charge in [-0.25, -0.2) is 4.98 Å². The van der Waals surface area contributed by atoms with E-state index < -0.39 is 30.1 Å². The van der Waals surface area contributed by atoms with Crippen LogP contribution >= 0.6 is 11.3 Å². The molecule has 1 aromatic rings. The fourth-order valence-electron chi connectivity index (χ4n) is 1.06. The van der Waals surface area contributed by atoms with Gasteiger partial charge in [-0.15, -0.1) is 11.3 Å². The number of nitrogens with one attached hydrogen (secondary N) is 1. The van der Waals surface area contributed by atoms with Crippen LogP contribution in [0.25, 0.3) is 0 Å². The van der Waals surface area contributed by atoms with E-state index in [-0.39, 0.29) is 0 Å². The zero-order valence-corrected chi connectivity index (χ0v) is 10.3. The lowest BCUT2D eigenvalue weighted by Crippen LogP contribution is -2.30. The topological polar surface area (TPSA) is 112 Å². The average Bonchev–Trinajstić information content (AvgIpc) is 2.75. The largest absolute Gasteiger partial charge is 0.548 e. The summed E-state index contributed by atoms with van der Waals surface area (Å²) in [5.41, 5.74) is 0. The van der Waals surface area contributed by atoms with E-state index in [4.69, 9.17) is 0 Å². The lowest BCUT2D eigenvalue weighted by atomic mass is 10.1. The lowest BCUT2D eigenvalue weighted by molar-refractivity contribution is -0.303. The van der Waals surface area contributed by atoms with E-state index in [0.717, 1.165) is 6.21 Å². The van der Waals surface area contributed by atoms with Gasteiger partial charge in [-0.3, -0.25) is 14.6 Å². The predicted molar refractivity (Wildman–Crippen MR) is 63.3 cm³/mol. The van der Waals surface area contributed by atoms with Crippen molar-refractivity contribution >= 4 is 40.3 Å². The van der Waals surface area contributed by atoms with Crippen molar-refractivity contribution in [2.75, 3.05) is 11.9 Å². The molecule has 0 aliphatic heterocycles. The highest BCUT2D eigenvalue weighted by Gasteiger charge is 2.21. The molecule has 0 saturated heterocycles. The number of anilines is 1. The molecule has 0 fully saturated rings. The maximum atomic E-state index is 11.7. The third-order valence-corrected chi connectivity index (χ3v) is 2.55. The first-order valence-electron chi connectivity index (χ1n) is 4.91. The highest BCUT2D eigenvalue weighted by Crippen LogP contribution is 2.11. The number of amides is 1. The SMILES string of the molecule is CC(=O)[C@@H](C=NCC(=O)[O-])C(=O)Nc1nccs1. The summed E-state index contributed by atoms with van der Waals surface area (Å²) in [5, 5.41) is 14.6. The zero-order chi connectivity index (χ0) is 13.5. The molecule has 1 aromatic heterocycles. The summed E-state index contributed by atoms with van der Waals surface area (Å²) in [5.74, 6) is -3.55. The number of carbonyl (C=O) groups excluding carboxylic acids is 3. The van der Waals surface area contributed by atoms with E-state index >= 15 is 0 Å². The van der Waals surface area contributed by atoms with Crippen molar-refractivity contribution in [2.45, 2.75) is 6.92 Å². The number of rotatable bonds is 6. The number of thiazole rings is 1. The first-order chi connectivity index (χ1) is 8.50. The number of aliphatic imine (C=N–C) groups is 1. The van der Waals surface area contributed by atoms with Gasteiger partial charge < -0.3 is 15.2 Å². The first-order valence-corrected chi connectivity index (χ1v) is 5.79. The molecule has 1 atom stereocenters. The van der Waals surface area contributed by atoms with Gasteiger partial charge in [-0.1, -0.05) is 0 Å². The lowest BCUT2D eigenvalue weighted by Gasteiger charge is -2.07. The van der Waals surface area contributed by atoms with Crippen LogP contribution in [0.4, 0.5) is 5.13 Å². The summed E-state index contributed by atoms with van der Waals surface area (Å²) in [6, 6.07) is 0. The summed E-state index contributed by atoms with van der Waals surface area (Å²) >= 11 is 1.21. The van der Waals surface area contributed by atoms with Gasteiger partial charge in [0.15, 0.2) is 5.13 Å². The minimum atomic E-state index is -1.38. The van der Waals surface area contributed by atoms with Crippen LogP contribution in [0, 0.1) is 5.92 Å². The van der Waals surface area contributed by atoms with Crippen LogP contribution in [0.15, 0.2) is 16.6 Å². The predicted octanol–water partition coefficient (Wildman–Crippen LogP) is -0.893. The van der Waals surface area contributed by atoms with Gasteiger partial charge in [-0.05, 0) is 6.92 Å². The third kappa shape index (κ3) is 4.42. The number of carboxylic acids is 1. The molecule has 1 rings (SSSR count). The van der Waals surface area contributed by atoms with Gasteiger partial charge in [0.25, 0.3) is 0 Å². The summed E-state index contributed by atoms with van der Waals surface area (Å²) in [7, 11) is 0. The Morgan fingerprint density at radius 3 is 2.83 bits per heavy atom. The summed E-state index contributed by atoms with van der Waals surface area (Å²) in [6.45, 7) is 0.630. The van der Waals surface area contributed by atoms with E-state index in [9.17, 15) is 19.5 Å². The van der Waals surface area contributed by atoms with E-state index in [0.29, 0.717) is 5.13 Å². The van der Waals surface area contributed by atoms with Gasteiger partial charge in [0.1, 0.15) is 11.7 Å². The molecule has 8 heteroatoms. The van der Waals surface area contributed by atoms with Gasteiger partial charge in [-0.2, -0.15) is 0 Å². The molecular weight excluding hydrogens is 258 g/mol. The van der Waals surface area contributed by atoms with Gasteiger partial charge in [0, 0.05) is 17.8 Å². The molecule has 96 valence electrons. The minimum Gasteiger partial charge on any atom is -0.548 e. The number of aromatic nitrogens is 1. The average molecular weight is 268 g/mol. The molecule has 0 saturated carbocycles. The fourth-order valence-corrected chi connectivity index (χ4v) is 1.59. The molecule has 0 unspecified atom stereocenters. The van der Waals surface area contributed by atoms with E-state index in [1.165, 1.54) is 24.5 Å². The highest BCUT2D eigenvalue weighted by molar-refractivity contribution is 7.13. The van der Waals surface area contributed by atoms with Crippen LogP contribution in [0.3, 0.4) is 0 Å². The van der Waals surface area contributed by atoms with E-state index in [1.807, 2.05) is 0 Å². The molecule has 7 nitrogen and oxygen atoms in total. The van der Waals surface area contributed by atoms with Crippen LogP contribution in [-0.2, 0) is 14.4 Å². The number of carbonyl (C=O) groups is 3. The van der Waals surface area contributed by atoms with Crippen molar-refractivity contribution in [3.05, 3.63) is 11.6 Å². The normalized spacial score (nSPS) is 12.3. The summed E-state index contributed by atoms with van der Waals surface area (Å²) in [4.78, 5) is 40.4. The zero-order valence-electron chi connectivity index (χ0n) is 9.45. The molecule has 0 bridgehead atoms. The second kappa shape index (κ2) is 6.60. The molecule has 1 heterocycles. The van der Waals surface area contributed by atoms with Crippen LogP contribution in [0.5, 0.6) is 0 Å². The quantitative estimate of drug-likeness (QED) is 0.531. The van der Waals surface area contributed by atoms with Crippen LogP contribution in [-0.4, -0.2) is 35.4 Å². The number of Topliss-reactive ketones (excluding diaryl/α,β-unsaturated/α-hetero) is 1. The highest BCUT2D eigenvalue weighted by atomic mass is 32.1. The summed E-state index contributed by atoms with van der Waals surface area (Å²) in [6.07, 6.45) is 2.51.